The summed E-state index contributed by atoms with van der Waals surface area (Å²) < 4.78 is 4.97. The van der Waals surface area contributed by atoms with Crippen LogP contribution >= 0.6 is 11.6 Å². The van der Waals surface area contributed by atoms with E-state index in [0.717, 1.165) is 11.1 Å². The fourth-order valence-electron chi connectivity index (χ4n) is 4.16. The van der Waals surface area contributed by atoms with Crippen molar-refractivity contribution in [3.05, 3.63) is 106 Å². The van der Waals surface area contributed by atoms with Crippen molar-refractivity contribution in [3.63, 3.8) is 0 Å². The molecule has 1 aliphatic heterocycles. The van der Waals surface area contributed by atoms with E-state index in [1.807, 2.05) is 6.07 Å². The van der Waals surface area contributed by atoms with Crippen molar-refractivity contribution in [2.75, 3.05) is 10.6 Å². The summed E-state index contributed by atoms with van der Waals surface area (Å²) >= 11 is 6.12. The number of halogens is 1. The van der Waals surface area contributed by atoms with Crippen molar-refractivity contribution in [1.29, 1.82) is 0 Å². The molecule has 1 unspecified atom stereocenters. The number of hydrogen-bond acceptors (Lipinski definition) is 6. The summed E-state index contributed by atoms with van der Waals surface area (Å²) in [6.45, 7) is 1.89. The number of anilines is 2. The average molecular weight is 516 g/mol. The first-order chi connectivity index (χ1) is 17.9. The Hall–Kier alpha value is -4.50. The monoisotopic (exact) mass is 515 g/mol. The van der Waals surface area contributed by atoms with Gasteiger partial charge in [-0.1, -0.05) is 35.0 Å². The quantitative estimate of drug-likeness (QED) is 0.390. The molecular formula is C27H22ClN5O4. The third-order valence-electron chi connectivity index (χ3n) is 6.00. The van der Waals surface area contributed by atoms with E-state index < -0.39 is 6.04 Å². The van der Waals surface area contributed by atoms with E-state index in [2.05, 4.69) is 20.8 Å². The molecule has 2 aromatic carbocycles. The molecule has 9 nitrogen and oxygen atoms in total. The van der Waals surface area contributed by atoms with Crippen LogP contribution in [0.4, 0.5) is 11.5 Å². The molecule has 0 radical (unpaired) electrons. The van der Waals surface area contributed by atoms with Crippen LogP contribution in [0.5, 0.6) is 0 Å². The normalized spacial score (nSPS) is 15.1. The fraction of sp³-hybridized carbons (Fsp3) is 0.148. The molecule has 0 saturated carbocycles. The molecule has 0 bridgehead atoms. The molecular weight excluding hydrogens is 494 g/mol. The summed E-state index contributed by atoms with van der Waals surface area (Å²) in [5.74, 6) is -0.0594. The first kappa shape index (κ1) is 24.2. The zero-order valence-corrected chi connectivity index (χ0v) is 20.5. The van der Waals surface area contributed by atoms with Crippen molar-refractivity contribution in [2.45, 2.75) is 25.9 Å². The van der Waals surface area contributed by atoms with Gasteiger partial charge >= 0.3 is 0 Å². The number of pyridine rings is 1. The summed E-state index contributed by atoms with van der Waals surface area (Å²) in [7, 11) is 0. The van der Waals surface area contributed by atoms with Crippen molar-refractivity contribution in [1.82, 2.24) is 15.0 Å². The SMILES string of the molecule is Cc1cc(NC(=O)c2ccc(CN3C(=O)c4ccc(Cl)cc4NC(=O)C3Cc3cccnc3)cc2)no1. The lowest BCUT2D eigenvalue weighted by molar-refractivity contribution is -0.120. The average Bonchev–Trinajstić information content (AvgIpc) is 3.27. The van der Waals surface area contributed by atoms with Crippen molar-refractivity contribution in [2.24, 2.45) is 0 Å². The number of hydrogen-bond donors (Lipinski definition) is 2. The number of amides is 3. The first-order valence-electron chi connectivity index (χ1n) is 11.5. The highest BCUT2D eigenvalue weighted by Crippen LogP contribution is 2.29. The number of carbonyl (C=O) groups is 3. The van der Waals surface area contributed by atoms with Crippen LogP contribution in [-0.2, 0) is 17.8 Å². The van der Waals surface area contributed by atoms with Gasteiger partial charge in [-0.15, -0.1) is 0 Å². The van der Waals surface area contributed by atoms with Crippen LogP contribution in [-0.4, -0.2) is 38.8 Å². The number of nitrogens with zero attached hydrogens (tertiary/aromatic N) is 3. The number of rotatable bonds is 6. The second kappa shape index (κ2) is 10.2. The number of benzene rings is 2. The summed E-state index contributed by atoms with van der Waals surface area (Å²) in [5, 5.41) is 9.71. The molecule has 1 aliphatic rings. The summed E-state index contributed by atoms with van der Waals surface area (Å²) in [4.78, 5) is 45.2. The van der Waals surface area contributed by atoms with Gasteiger partial charge in [0.05, 0.1) is 11.3 Å². The number of carbonyl (C=O) groups excluding carboxylic acids is 3. The van der Waals surface area contributed by atoms with Gasteiger partial charge in [0.1, 0.15) is 11.8 Å². The minimum Gasteiger partial charge on any atom is -0.360 e. The van der Waals surface area contributed by atoms with Crippen molar-refractivity contribution >= 4 is 40.8 Å². The number of fused-ring (bicyclic) bond motifs is 1. The molecule has 0 aliphatic carbocycles. The van der Waals surface area contributed by atoms with Gasteiger partial charge in [-0.3, -0.25) is 19.4 Å². The van der Waals surface area contributed by atoms with Crippen LogP contribution < -0.4 is 10.6 Å². The molecule has 1 atom stereocenters. The minimum atomic E-state index is -0.791. The molecule has 0 fully saturated rings. The Bertz CT molecular complexity index is 1470. The van der Waals surface area contributed by atoms with E-state index in [-0.39, 0.29) is 30.7 Å². The lowest BCUT2D eigenvalue weighted by atomic mass is 10.0. The fourth-order valence-corrected chi connectivity index (χ4v) is 4.33. The lowest BCUT2D eigenvalue weighted by Crippen LogP contribution is -2.46. The van der Waals surface area contributed by atoms with E-state index in [9.17, 15) is 14.4 Å². The van der Waals surface area contributed by atoms with Gasteiger partial charge in [-0.05, 0) is 54.4 Å². The maximum atomic E-state index is 13.7. The molecule has 3 amide bonds. The summed E-state index contributed by atoms with van der Waals surface area (Å²) in [6, 6.07) is 16.1. The van der Waals surface area contributed by atoms with Crippen LogP contribution in [0.1, 0.15) is 37.6 Å². The van der Waals surface area contributed by atoms with Gasteiger partial charge in [0, 0.05) is 42.0 Å². The predicted molar refractivity (Wildman–Crippen MR) is 137 cm³/mol. The zero-order chi connectivity index (χ0) is 25.9. The number of nitrogens with one attached hydrogen (secondary N) is 2. The molecule has 0 saturated heterocycles. The standard InChI is InChI=1S/C27H22ClN5O4/c1-16-11-24(32-37-16)31-25(34)19-6-4-17(5-7-19)15-33-23(12-18-3-2-10-29-14-18)26(35)30-22-13-20(28)8-9-21(22)27(33)36/h2-11,13-14,23H,12,15H2,1H3,(H,30,35)(H,31,32,34). The highest BCUT2D eigenvalue weighted by atomic mass is 35.5. The molecule has 5 rings (SSSR count). The van der Waals surface area contributed by atoms with E-state index in [4.69, 9.17) is 16.1 Å². The van der Waals surface area contributed by atoms with Crippen molar-refractivity contribution < 1.29 is 18.9 Å². The Labute approximate surface area is 217 Å². The number of aryl methyl sites for hydroxylation is 1. The molecule has 0 spiro atoms. The van der Waals surface area contributed by atoms with Crippen LogP contribution in [0.25, 0.3) is 0 Å². The van der Waals surface area contributed by atoms with E-state index in [0.29, 0.717) is 33.4 Å². The van der Waals surface area contributed by atoms with Gasteiger partial charge in [-0.2, -0.15) is 0 Å². The second-order valence-corrected chi connectivity index (χ2v) is 9.10. The smallest absolute Gasteiger partial charge is 0.256 e. The topological polar surface area (TPSA) is 117 Å². The molecule has 186 valence electrons. The van der Waals surface area contributed by atoms with E-state index >= 15 is 0 Å². The van der Waals surface area contributed by atoms with Gasteiger partial charge in [0.2, 0.25) is 5.91 Å². The van der Waals surface area contributed by atoms with Crippen molar-refractivity contribution in [3.8, 4) is 0 Å². The molecule has 3 heterocycles. The highest BCUT2D eigenvalue weighted by molar-refractivity contribution is 6.31. The predicted octanol–water partition coefficient (Wildman–Crippen LogP) is 4.49. The third-order valence-corrected chi connectivity index (χ3v) is 6.24. The molecule has 37 heavy (non-hydrogen) atoms. The first-order valence-corrected chi connectivity index (χ1v) is 11.9. The van der Waals surface area contributed by atoms with Crippen LogP contribution in [0.3, 0.4) is 0 Å². The Morgan fingerprint density at radius 1 is 1.11 bits per heavy atom. The van der Waals surface area contributed by atoms with E-state index in [1.54, 1.807) is 73.9 Å². The van der Waals surface area contributed by atoms with Crippen LogP contribution in [0, 0.1) is 6.92 Å². The van der Waals surface area contributed by atoms with Gasteiger partial charge in [0.15, 0.2) is 5.82 Å². The largest absolute Gasteiger partial charge is 0.360 e. The van der Waals surface area contributed by atoms with Gasteiger partial charge < -0.3 is 20.1 Å². The Kier molecular flexibility index (Phi) is 6.70. The third kappa shape index (κ3) is 5.36. The maximum absolute atomic E-state index is 13.7. The Morgan fingerprint density at radius 3 is 2.62 bits per heavy atom. The maximum Gasteiger partial charge on any atom is 0.256 e. The molecule has 10 heteroatoms. The van der Waals surface area contributed by atoms with Crippen LogP contribution in [0.15, 0.2) is 77.6 Å². The summed E-state index contributed by atoms with van der Waals surface area (Å²) in [5.41, 5.74) is 2.71. The number of aromatic nitrogens is 2. The minimum absolute atomic E-state index is 0.156. The lowest BCUT2D eigenvalue weighted by Gasteiger charge is -2.29. The molecule has 2 aromatic heterocycles. The highest BCUT2D eigenvalue weighted by Gasteiger charge is 2.35. The zero-order valence-electron chi connectivity index (χ0n) is 19.8. The Morgan fingerprint density at radius 2 is 1.92 bits per heavy atom. The van der Waals surface area contributed by atoms with Crippen LogP contribution in [0.2, 0.25) is 5.02 Å². The summed E-state index contributed by atoms with van der Waals surface area (Å²) in [6.07, 6.45) is 3.61. The molecule has 2 N–H and O–H groups in total. The second-order valence-electron chi connectivity index (χ2n) is 8.67. The van der Waals surface area contributed by atoms with Gasteiger partial charge in [-0.25, -0.2) is 0 Å². The Balaban J connectivity index is 1.42. The van der Waals surface area contributed by atoms with E-state index in [1.165, 1.54) is 4.90 Å². The molecule has 4 aromatic rings. The van der Waals surface area contributed by atoms with Gasteiger partial charge in [0.25, 0.3) is 11.8 Å².